The number of rotatable bonds is 6. The lowest BCUT2D eigenvalue weighted by Crippen LogP contribution is -2.26. The Morgan fingerprint density at radius 3 is 2.85 bits per heavy atom. The minimum atomic E-state index is -3.63. The zero-order valence-corrected chi connectivity index (χ0v) is 12.2. The summed E-state index contributed by atoms with van der Waals surface area (Å²) in [6.07, 6.45) is 8.47. The topological polar surface area (TPSA) is 82.8 Å². The van der Waals surface area contributed by atoms with Gasteiger partial charge in [0.15, 0.2) is 5.69 Å². The van der Waals surface area contributed by atoms with Crippen molar-refractivity contribution in [2.24, 2.45) is 5.92 Å². The van der Waals surface area contributed by atoms with Crippen LogP contribution >= 0.6 is 0 Å². The lowest BCUT2D eigenvalue weighted by Gasteiger charge is -2.10. The van der Waals surface area contributed by atoms with Gasteiger partial charge in [-0.15, -0.1) is 0 Å². The van der Waals surface area contributed by atoms with Crippen LogP contribution in [0.1, 0.15) is 44.2 Å². The van der Waals surface area contributed by atoms with Gasteiger partial charge in [0.25, 0.3) is 0 Å². The molecule has 1 fully saturated rings. The third-order valence-corrected chi connectivity index (χ3v) is 5.21. The second-order valence-corrected chi connectivity index (χ2v) is 6.89. The number of nitriles is 1. The normalized spacial score (nSPS) is 16.1. The molecule has 0 bridgehead atoms. The van der Waals surface area contributed by atoms with E-state index in [0.29, 0.717) is 6.54 Å². The van der Waals surface area contributed by atoms with Crippen molar-refractivity contribution in [1.82, 2.24) is 9.71 Å². The first kappa shape index (κ1) is 14.9. The maximum Gasteiger partial charge on any atom is 0.243 e. The summed E-state index contributed by atoms with van der Waals surface area (Å²) in [5, 5.41) is 8.89. The molecule has 0 aliphatic heterocycles. The van der Waals surface area contributed by atoms with Gasteiger partial charge >= 0.3 is 0 Å². The van der Waals surface area contributed by atoms with Gasteiger partial charge in [-0.25, -0.2) is 18.1 Å². The van der Waals surface area contributed by atoms with Crippen LogP contribution in [0.2, 0.25) is 0 Å². The van der Waals surface area contributed by atoms with Gasteiger partial charge in [-0.05, 0) is 30.9 Å². The molecule has 0 radical (unpaired) electrons. The average molecular weight is 293 g/mol. The van der Waals surface area contributed by atoms with Crippen molar-refractivity contribution in [3.05, 3.63) is 24.0 Å². The van der Waals surface area contributed by atoms with E-state index in [2.05, 4.69) is 9.71 Å². The summed E-state index contributed by atoms with van der Waals surface area (Å²) in [5.74, 6) is 0.757. The summed E-state index contributed by atoms with van der Waals surface area (Å²) in [5.41, 5.74) is -0.0595. The molecule has 1 aromatic rings. The molecule has 6 heteroatoms. The molecule has 0 spiro atoms. The minimum absolute atomic E-state index is 0.0385. The number of hydrogen-bond acceptors (Lipinski definition) is 4. The standard InChI is InChI=1S/C14H19N3O2S/c15-11-13-14(8-4-9-16-13)20(18,19)17-10-3-7-12-5-1-2-6-12/h4,8-9,12,17H,1-3,5-7,10H2. The lowest BCUT2D eigenvalue weighted by atomic mass is 10.0. The Bertz CT molecular complexity index is 587. The van der Waals surface area contributed by atoms with Crippen LogP contribution in [-0.2, 0) is 10.0 Å². The summed E-state index contributed by atoms with van der Waals surface area (Å²) in [7, 11) is -3.63. The minimum Gasteiger partial charge on any atom is -0.244 e. The predicted octanol–water partition coefficient (Wildman–Crippen LogP) is 2.20. The summed E-state index contributed by atoms with van der Waals surface area (Å²) in [6.45, 7) is 0.415. The highest BCUT2D eigenvalue weighted by Crippen LogP contribution is 2.28. The van der Waals surface area contributed by atoms with E-state index >= 15 is 0 Å². The Morgan fingerprint density at radius 1 is 1.40 bits per heavy atom. The van der Waals surface area contributed by atoms with Crippen LogP contribution in [0.4, 0.5) is 0 Å². The van der Waals surface area contributed by atoms with Crippen LogP contribution in [0.3, 0.4) is 0 Å². The highest BCUT2D eigenvalue weighted by Gasteiger charge is 2.19. The van der Waals surface area contributed by atoms with Gasteiger partial charge in [-0.3, -0.25) is 0 Å². The Balaban J connectivity index is 1.89. The molecule has 20 heavy (non-hydrogen) atoms. The van der Waals surface area contributed by atoms with Crippen LogP contribution in [0.25, 0.3) is 0 Å². The molecule has 1 aromatic heterocycles. The Labute approximate surface area is 120 Å². The fourth-order valence-electron chi connectivity index (χ4n) is 2.67. The maximum absolute atomic E-state index is 12.1. The van der Waals surface area contributed by atoms with E-state index in [4.69, 9.17) is 5.26 Å². The number of hydrogen-bond donors (Lipinski definition) is 1. The van der Waals surface area contributed by atoms with E-state index in [1.165, 1.54) is 44.0 Å². The number of sulfonamides is 1. The summed E-state index contributed by atoms with van der Waals surface area (Å²) in [4.78, 5) is 3.74. The zero-order valence-electron chi connectivity index (χ0n) is 11.4. The highest BCUT2D eigenvalue weighted by atomic mass is 32.2. The quantitative estimate of drug-likeness (QED) is 0.815. The number of pyridine rings is 1. The molecule has 1 aliphatic rings. The molecule has 0 atom stereocenters. The van der Waals surface area contributed by atoms with E-state index in [9.17, 15) is 8.42 Å². The maximum atomic E-state index is 12.1. The molecule has 1 N–H and O–H groups in total. The number of nitrogens with zero attached hydrogens (tertiary/aromatic N) is 2. The van der Waals surface area contributed by atoms with Gasteiger partial charge in [-0.2, -0.15) is 5.26 Å². The summed E-state index contributed by atoms with van der Waals surface area (Å²) in [6, 6.07) is 4.74. The number of aromatic nitrogens is 1. The van der Waals surface area contributed by atoms with E-state index < -0.39 is 10.0 Å². The second kappa shape index (κ2) is 6.82. The third kappa shape index (κ3) is 3.78. The van der Waals surface area contributed by atoms with Crippen molar-refractivity contribution >= 4 is 10.0 Å². The first-order chi connectivity index (χ1) is 9.63. The third-order valence-electron chi connectivity index (χ3n) is 3.72. The molecule has 0 amide bonds. The van der Waals surface area contributed by atoms with Crippen LogP contribution < -0.4 is 4.72 Å². The van der Waals surface area contributed by atoms with Crippen molar-refractivity contribution in [2.45, 2.75) is 43.4 Å². The Morgan fingerprint density at radius 2 is 2.15 bits per heavy atom. The van der Waals surface area contributed by atoms with Crippen molar-refractivity contribution in [2.75, 3.05) is 6.54 Å². The first-order valence-corrected chi connectivity index (χ1v) is 8.46. The zero-order chi connectivity index (χ0) is 14.4. The van der Waals surface area contributed by atoms with Gasteiger partial charge in [-0.1, -0.05) is 25.7 Å². The fraction of sp³-hybridized carbons (Fsp3) is 0.571. The fourth-order valence-corrected chi connectivity index (χ4v) is 3.84. The second-order valence-electron chi connectivity index (χ2n) is 5.15. The highest BCUT2D eigenvalue weighted by molar-refractivity contribution is 7.89. The molecule has 5 nitrogen and oxygen atoms in total. The molecular formula is C14H19N3O2S. The number of nitrogens with one attached hydrogen (secondary N) is 1. The first-order valence-electron chi connectivity index (χ1n) is 6.98. The Kier molecular flexibility index (Phi) is 5.10. The molecular weight excluding hydrogens is 274 g/mol. The Hall–Kier alpha value is -1.45. The van der Waals surface area contributed by atoms with Crippen LogP contribution in [0, 0.1) is 17.2 Å². The van der Waals surface area contributed by atoms with Gasteiger partial charge in [0.2, 0.25) is 10.0 Å². The van der Waals surface area contributed by atoms with Crippen LogP contribution in [0.5, 0.6) is 0 Å². The van der Waals surface area contributed by atoms with Crippen molar-refractivity contribution in [1.29, 1.82) is 5.26 Å². The van der Waals surface area contributed by atoms with E-state index in [1.807, 2.05) is 0 Å². The molecule has 0 unspecified atom stereocenters. The lowest BCUT2D eigenvalue weighted by molar-refractivity contribution is 0.480. The SMILES string of the molecule is N#Cc1ncccc1S(=O)(=O)NCCCC1CCCC1. The monoisotopic (exact) mass is 293 g/mol. The van der Waals surface area contributed by atoms with Gasteiger partial charge < -0.3 is 0 Å². The van der Waals surface area contributed by atoms with Crippen LogP contribution in [-0.4, -0.2) is 19.9 Å². The van der Waals surface area contributed by atoms with Gasteiger partial charge in [0, 0.05) is 12.7 Å². The van der Waals surface area contributed by atoms with Gasteiger partial charge in [0.1, 0.15) is 11.0 Å². The molecule has 0 saturated heterocycles. The van der Waals surface area contributed by atoms with Crippen molar-refractivity contribution in [3.8, 4) is 6.07 Å². The van der Waals surface area contributed by atoms with E-state index in [1.54, 1.807) is 6.07 Å². The van der Waals surface area contributed by atoms with E-state index in [-0.39, 0.29) is 10.6 Å². The molecule has 1 aliphatic carbocycles. The van der Waals surface area contributed by atoms with Crippen molar-refractivity contribution < 1.29 is 8.42 Å². The summed E-state index contributed by atoms with van der Waals surface area (Å²) >= 11 is 0. The summed E-state index contributed by atoms with van der Waals surface area (Å²) < 4.78 is 26.8. The van der Waals surface area contributed by atoms with Crippen molar-refractivity contribution in [3.63, 3.8) is 0 Å². The smallest absolute Gasteiger partial charge is 0.243 e. The van der Waals surface area contributed by atoms with E-state index in [0.717, 1.165) is 18.8 Å². The molecule has 1 heterocycles. The molecule has 1 saturated carbocycles. The molecule has 108 valence electrons. The molecule has 2 rings (SSSR count). The average Bonchev–Trinajstić information content (AvgIpc) is 2.97. The van der Waals surface area contributed by atoms with Gasteiger partial charge in [0.05, 0.1) is 0 Å². The largest absolute Gasteiger partial charge is 0.244 e. The van der Waals surface area contributed by atoms with Crippen LogP contribution in [0.15, 0.2) is 23.2 Å². The predicted molar refractivity (Wildman–Crippen MR) is 75.3 cm³/mol. The molecule has 0 aromatic carbocycles.